The van der Waals surface area contributed by atoms with Crippen LogP contribution in [0.15, 0.2) is 24.3 Å². The number of aryl methyl sites for hydroxylation is 2. The number of ether oxygens (including phenoxy) is 1. The number of hydrogen-bond donors (Lipinski definition) is 2. The number of halogens is 3. The topological polar surface area (TPSA) is 67.4 Å². The highest BCUT2D eigenvalue weighted by atomic mass is 35.6. The molecule has 1 amide bonds. The molecule has 2 N–H and O–H groups in total. The van der Waals surface area contributed by atoms with Crippen LogP contribution in [0.4, 0.5) is 5.00 Å². The van der Waals surface area contributed by atoms with Gasteiger partial charge in [-0.25, -0.2) is 4.79 Å². The number of methoxy groups -OCH3 is 1. The van der Waals surface area contributed by atoms with E-state index < -0.39 is 15.9 Å². The molecule has 0 unspecified atom stereocenters. The molecule has 1 aliphatic carbocycles. The highest BCUT2D eigenvalue weighted by molar-refractivity contribution is 7.16. The summed E-state index contributed by atoms with van der Waals surface area (Å²) in [6.07, 6.45) is 2.70. The number of anilines is 1. The van der Waals surface area contributed by atoms with Crippen molar-refractivity contribution in [2.45, 2.75) is 42.6 Å². The quantitative estimate of drug-likeness (QED) is 0.352. The molecule has 156 valence electrons. The summed E-state index contributed by atoms with van der Waals surface area (Å²) in [6, 6.07) is 7.14. The average molecular weight is 476 g/mol. The Labute approximate surface area is 188 Å². The minimum absolute atomic E-state index is 0.382. The first-order chi connectivity index (χ1) is 13.7. The number of benzene rings is 1. The van der Waals surface area contributed by atoms with E-state index in [4.69, 9.17) is 39.5 Å². The Morgan fingerprint density at radius 3 is 2.52 bits per heavy atom. The molecular weight excluding hydrogens is 455 g/mol. The molecule has 0 aliphatic heterocycles. The van der Waals surface area contributed by atoms with E-state index in [2.05, 4.69) is 10.6 Å². The third kappa shape index (κ3) is 5.00. The number of nitrogens with one attached hydrogen (secondary N) is 2. The monoisotopic (exact) mass is 474 g/mol. The summed E-state index contributed by atoms with van der Waals surface area (Å²) in [4.78, 5) is 26.3. The number of amides is 1. The predicted octanol–water partition coefficient (Wildman–Crippen LogP) is 5.26. The summed E-state index contributed by atoms with van der Waals surface area (Å²) in [5.74, 6) is -0.826. The van der Waals surface area contributed by atoms with Crippen LogP contribution in [0.1, 0.15) is 49.6 Å². The van der Waals surface area contributed by atoms with Gasteiger partial charge in [0, 0.05) is 10.4 Å². The number of alkyl halides is 3. The van der Waals surface area contributed by atoms with Crippen molar-refractivity contribution in [1.82, 2.24) is 5.32 Å². The van der Waals surface area contributed by atoms with Crippen molar-refractivity contribution in [2.24, 2.45) is 0 Å². The van der Waals surface area contributed by atoms with Crippen LogP contribution in [0, 0.1) is 6.92 Å². The van der Waals surface area contributed by atoms with Gasteiger partial charge in [-0.2, -0.15) is 0 Å². The average Bonchev–Trinajstić information content (AvgIpc) is 3.04. The van der Waals surface area contributed by atoms with Gasteiger partial charge in [-0.3, -0.25) is 4.79 Å². The largest absolute Gasteiger partial charge is 0.465 e. The van der Waals surface area contributed by atoms with Crippen LogP contribution in [-0.4, -0.2) is 28.9 Å². The lowest BCUT2D eigenvalue weighted by Gasteiger charge is -2.27. The van der Waals surface area contributed by atoms with Gasteiger partial charge in [0.1, 0.15) is 11.2 Å². The van der Waals surface area contributed by atoms with Gasteiger partial charge >= 0.3 is 5.97 Å². The molecule has 5 nitrogen and oxygen atoms in total. The lowest BCUT2D eigenvalue weighted by Crippen LogP contribution is -2.49. The summed E-state index contributed by atoms with van der Waals surface area (Å²) in [7, 11) is 1.34. The van der Waals surface area contributed by atoms with Gasteiger partial charge in [0.25, 0.3) is 5.91 Å². The van der Waals surface area contributed by atoms with E-state index in [0.29, 0.717) is 16.1 Å². The number of carbonyl (C=O) groups excluding carboxylic acids is 2. The molecule has 0 fully saturated rings. The van der Waals surface area contributed by atoms with E-state index in [1.807, 2.05) is 19.1 Å². The molecule has 2 aromatic rings. The molecule has 1 aromatic carbocycles. The Kier molecular flexibility index (Phi) is 6.99. The van der Waals surface area contributed by atoms with E-state index in [9.17, 15) is 9.59 Å². The van der Waals surface area contributed by atoms with Crippen molar-refractivity contribution < 1.29 is 14.3 Å². The number of fused-ring (bicyclic) bond motifs is 1. The molecule has 0 saturated heterocycles. The van der Waals surface area contributed by atoms with Crippen molar-refractivity contribution in [1.29, 1.82) is 0 Å². The molecule has 1 aliphatic rings. The summed E-state index contributed by atoms with van der Waals surface area (Å²) >= 11 is 19.9. The number of hydrogen-bond acceptors (Lipinski definition) is 5. The first kappa shape index (κ1) is 22.2. The molecule has 29 heavy (non-hydrogen) atoms. The lowest BCUT2D eigenvalue weighted by atomic mass is 9.95. The Hall–Kier alpha value is -1.47. The van der Waals surface area contributed by atoms with Gasteiger partial charge < -0.3 is 15.4 Å². The summed E-state index contributed by atoms with van der Waals surface area (Å²) in [5, 5.41) is 6.34. The first-order valence-electron chi connectivity index (χ1n) is 9.15. The Morgan fingerprint density at radius 1 is 1.17 bits per heavy atom. The smallest absolute Gasteiger partial charge is 0.341 e. The zero-order valence-corrected chi connectivity index (χ0v) is 19.1. The highest BCUT2D eigenvalue weighted by Gasteiger charge is 2.37. The molecule has 1 atom stereocenters. The van der Waals surface area contributed by atoms with Crippen molar-refractivity contribution >= 4 is 63.0 Å². The second kappa shape index (κ2) is 9.13. The maximum absolute atomic E-state index is 12.8. The SMILES string of the molecule is COC(=O)c1c(N[C@H](NC(=O)c2ccccc2C)C(Cl)(Cl)Cl)sc2c1CCCC2. The van der Waals surface area contributed by atoms with Crippen LogP contribution >= 0.6 is 46.1 Å². The van der Waals surface area contributed by atoms with Gasteiger partial charge in [-0.05, 0) is 49.8 Å². The number of thiophene rings is 1. The van der Waals surface area contributed by atoms with Crippen molar-refractivity contribution in [3.8, 4) is 0 Å². The third-order valence-corrected chi connectivity index (χ3v) is 6.71. The maximum atomic E-state index is 12.8. The summed E-state index contributed by atoms with van der Waals surface area (Å²) in [6.45, 7) is 1.83. The van der Waals surface area contributed by atoms with E-state index in [0.717, 1.165) is 41.7 Å². The van der Waals surface area contributed by atoms with Crippen LogP contribution in [-0.2, 0) is 17.6 Å². The number of esters is 1. The van der Waals surface area contributed by atoms with E-state index in [1.165, 1.54) is 18.4 Å². The highest BCUT2D eigenvalue weighted by Crippen LogP contribution is 2.40. The van der Waals surface area contributed by atoms with E-state index in [-0.39, 0.29) is 5.91 Å². The van der Waals surface area contributed by atoms with Gasteiger partial charge in [-0.1, -0.05) is 53.0 Å². The fourth-order valence-corrected chi connectivity index (χ4v) is 4.99. The van der Waals surface area contributed by atoms with Gasteiger partial charge in [0.05, 0.1) is 12.7 Å². The second-order valence-corrected chi connectivity index (χ2v) is 10.3. The molecule has 0 radical (unpaired) electrons. The standard InChI is InChI=1S/C20H21Cl3N2O3S/c1-11-7-3-4-8-12(11)16(26)24-19(20(21,22)23)25-17-15(18(27)28-2)13-9-5-6-10-14(13)29-17/h3-4,7-8,19,25H,5-6,9-10H2,1-2H3,(H,24,26)/t19-/m0/s1. The third-order valence-electron chi connectivity index (χ3n) is 4.83. The Morgan fingerprint density at radius 2 is 1.86 bits per heavy atom. The van der Waals surface area contributed by atoms with Gasteiger partial charge in [-0.15, -0.1) is 11.3 Å². The summed E-state index contributed by atoms with van der Waals surface area (Å²) in [5.41, 5.74) is 2.71. The molecule has 0 spiro atoms. The van der Waals surface area contributed by atoms with Crippen LogP contribution in [0.3, 0.4) is 0 Å². The van der Waals surface area contributed by atoms with Crippen molar-refractivity contribution in [3.05, 3.63) is 51.4 Å². The molecule has 9 heteroatoms. The Bertz CT molecular complexity index is 924. The second-order valence-electron chi connectivity index (χ2n) is 6.81. The molecule has 0 saturated carbocycles. The fraction of sp³-hybridized carbons (Fsp3) is 0.400. The van der Waals surface area contributed by atoms with Gasteiger partial charge in [0.15, 0.2) is 0 Å². The normalized spacial score (nSPS) is 14.7. The van der Waals surface area contributed by atoms with E-state index >= 15 is 0 Å². The van der Waals surface area contributed by atoms with Gasteiger partial charge in [0.2, 0.25) is 3.79 Å². The number of carbonyl (C=O) groups is 2. The van der Waals surface area contributed by atoms with Crippen molar-refractivity contribution in [3.63, 3.8) is 0 Å². The molecule has 1 aromatic heterocycles. The van der Waals surface area contributed by atoms with Crippen molar-refractivity contribution in [2.75, 3.05) is 12.4 Å². The zero-order valence-electron chi connectivity index (χ0n) is 16.0. The first-order valence-corrected chi connectivity index (χ1v) is 11.1. The van der Waals surface area contributed by atoms with Crippen LogP contribution < -0.4 is 10.6 Å². The van der Waals surface area contributed by atoms with Crippen LogP contribution in [0.25, 0.3) is 0 Å². The minimum Gasteiger partial charge on any atom is -0.465 e. The van der Waals surface area contributed by atoms with E-state index in [1.54, 1.807) is 12.1 Å². The molecule has 0 bridgehead atoms. The Balaban J connectivity index is 1.92. The maximum Gasteiger partial charge on any atom is 0.341 e. The zero-order chi connectivity index (χ0) is 21.2. The summed E-state index contributed by atoms with van der Waals surface area (Å²) < 4.78 is 3.13. The predicted molar refractivity (Wildman–Crippen MR) is 119 cm³/mol. The minimum atomic E-state index is -1.85. The molecule has 1 heterocycles. The van der Waals surface area contributed by atoms with Crippen LogP contribution in [0.2, 0.25) is 0 Å². The number of rotatable bonds is 5. The fourth-order valence-electron chi connectivity index (χ4n) is 3.35. The molecular formula is C20H21Cl3N2O3S. The lowest BCUT2D eigenvalue weighted by molar-refractivity contribution is 0.0600. The van der Waals surface area contributed by atoms with Crippen LogP contribution in [0.5, 0.6) is 0 Å². The molecule has 3 rings (SSSR count).